The number of nitrogens with one attached hydrogen (secondary N) is 1. The zero-order valence-corrected chi connectivity index (χ0v) is 9.46. The zero-order valence-electron chi connectivity index (χ0n) is 9.46. The molecule has 1 heterocycles. The fourth-order valence-electron chi connectivity index (χ4n) is 2.18. The van der Waals surface area contributed by atoms with E-state index in [0.717, 1.165) is 25.1 Å². The van der Waals surface area contributed by atoms with Gasteiger partial charge in [-0.1, -0.05) is 26.0 Å². The molecule has 1 saturated heterocycles. The van der Waals surface area contributed by atoms with E-state index in [-0.39, 0.29) is 0 Å². The van der Waals surface area contributed by atoms with Crippen LogP contribution >= 0.6 is 0 Å². The minimum atomic E-state index is 0.452. The number of aromatic hydroxyl groups is 1. The topological polar surface area (TPSA) is 32.3 Å². The number of phenolic OH excluding ortho intramolecular Hbond substituents is 1. The van der Waals surface area contributed by atoms with E-state index in [4.69, 9.17) is 0 Å². The summed E-state index contributed by atoms with van der Waals surface area (Å²) in [5, 5.41) is 13.2. The Bertz CT molecular complexity index is 340. The van der Waals surface area contributed by atoms with Gasteiger partial charge in [-0.2, -0.15) is 0 Å². The first kappa shape index (κ1) is 10.5. The lowest BCUT2D eigenvalue weighted by atomic mass is 9.92. The van der Waals surface area contributed by atoms with E-state index in [0.29, 0.717) is 17.6 Å². The highest BCUT2D eigenvalue weighted by molar-refractivity contribution is 5.40. The third-order valence-corrected chi connectivity index (χ3v) is 3.22. The Morgan fingerprint density at radius 3 is 2.80 bits per heavy atom. The van der Waals surface area contributed by atoms with E-state index in [2.05, 4.69) is 25.2 Å². The Balaban J connectivity index is 2.31. The third-order valence-electron chi connectivity index (χ3n) is 3.22. The summed E-state index contributed by atoms with van der Waals surface area (Å²) in [4.78, 5) is 0. The van der Waals surface area contributed by atoms with Crippen LogP contribution in [0, 0.1) is 0 Å². The van der Waals surface area contributed by atoms with Crippen molar-refractivity contribution in [3.63, 3.8) is 0 Å². The Morgan fingerprint density at radius 1 is 1.40 bits per heavy atom. The molecule has 2 heteroatoms. The second kappa shape index (κ2) is 4.23. The lowest BCUT2D eigenvalue weighted by Crippen LogP contribution is -2.08. The molecule has 82 valence electrons. The van der Waals surface area contributed by atoms with Crippen molar-refractivity contribution in [3.8, 4) is 5.75 Å². The summed E-state index contributed by atoms with van der Waals surface area (Å²) in [6.45, 7) is 6.43. The summed E-state index contributed by atoms with van der Waals surface area (Å²) in [5.41, 5.74) is 2.43. The van der Waals surface area contributed by atoms with Crippen molar-refractivity contribution in [3.05, 3.63) is 29.3 Å². The summed E-state index contributed by atoms with van der Waals surface area (Å²) in [7, 11) is 0. The summed E-state index contributed by atoms with van der Waals surface area (Å²) in [5.74, 6) is 1.47. The second-order valence-electron chi connectivity index (χ2n) is 4.66. The van der Waals surface area contributed by atoms with E-state index in [9.17, 15) is 5.11 Å². The Labute approximate surface area is 91.3 Å². The smallest absolute Gasteiger partial charge is 0.119 e. The molecule has 2 rings (SSSR count). The molecule has 0 radical (unpaired) electrons. The molecule has 0 aliphatic carbocycles. The summed E-state index contributed by atoms with van der Waals surface area (Å²) < 4.78 is 0. The molecule has 1 aromatic rings. The number of rotatable bonds is 2. The zero-order chi connectivity index (χ0) is 10.8. The van der Waals surface area contributed by atoms with Gasteiger partial charge in [0, 0.05) is 12.5 Å². The molecule has 2 N–H and O–H groups in total. The van der Waals surface area contributed by atoms with Crippen LogP contribution in [-0.2, 0) is 0 Å². The largest absolute Gasteiger partial charge is 0.508 e. The van der Waals surface area contributed by atoms with Crippen LogP contribution in [0.3, 0.4) is 0 Å². The van der Waals surface area contributed by atoms with Gasteiger partial charge in [-0.15, -0.1) is 0 Å². The van der Waals surface area contributed by atoms with E-state index in [1.807, 2.05) is 12.1 Å². The van der Waals surface area contributed by atoms with Gasteiger partial charge in [0.2, 0.25) is 0 Å². The van der Waals surface area contributed by atoms with Gasteiger partial charge >= 0.3 is 0 Å². The van der Waals surface area contributed by atoms with Crippen LogP contribution in [0.15, 0.2) is 18.2 Å². The minimum absolute atomic E-state index is 0.452. The molecule has 0 amide bonds. The highest BCUT2D eigenvalue weighted by atomic mass is 16.3. The van der Waals surface area contributed by atoms with Gasteiger partial charge < -0.3 is 10.4 Å². The minimum Gasteiger partial charge on any atom is -0.508 e. The van der Waals surface area contributed by atoms with Crippen LogP contribution < -0.4 is 5.32 Å². The number of hydrogen-bond donors (Lipinski definition) is 2. The fourth-order valence-corrected chi connectivity index (χ4v) is 2.18. The molecule has 0 bridgehead atoms. The van der Waals surface area contributed by atoms with E-state index in [1.165, 1.54) is 5.56 Å². The first-order valence-electron chi connectivity index (χ1n) is 5.72. The maximum atomic E-state index is 9.85. The summed E-state index contributed by atoms with van der Waals surface area (Å²) in [6, 6.07) is 6.02. The molecule has 0 saturated carbocycles. The average Bonchev–Trinajstić information content (AvgIpc) is 2.71. The van der Waals surface area contributed by atoms with Gasteiger partial charge in [0.25, 0.3) is 0 Å². The molecule has 1 aliphatic rings. The number of benzene rings is 1. The third kappa shape index (κ3) is 2.15. The van der Waals surface area contributed by atoms with Gasteiger partial charge in [-0.3, -0.25) is 0 Å². The van der Waals surface area contributed by atoms with Crippen molar-refractivity contribution in [2.45, 2.75) is 32.1 Å². The molecule has 1 aromatic carbocycles. The normalized spacial score (nSPS) is 21.1. The molecule has 1 fully saturated rings. The lowest BCUT2D eigenvalue weighted by Gasteiger charge is -2.14. The highest BCUT2D eigenvalue weighted by Gasteiger charge is 2.20. The fraction of sp³-hybridized carbons (Fsp3) is 0.538. The van der Waals surface area contributed by atoms with Crippen LogP contribution in [0.1, 0.15) is 43.2 Å². The maximum absolute atomic E-state index is 9.85. The van der Waals surface area contributed by atoms with Crippen LogP contribution in [-0.4, -0.2) is 18.2 Å². The summed E-state index contributed by atoms with van der Waals surface area (Å²) in [6.07, 6.45) is 1.13. The van der Waals surface area contributed by atoms with E-state index < -0.39 is 0 Å². The molecule has 0 aromatic heterocycles. The van der Waals surface area contributed by atoms with Crippen molar-refractivity contribution >= 4 is 0 Å². The standard InChI is InChI=1S/C13H19NO/c1-9(2)10-3-4-13(15)12(7-10)11-5-6-14-8-11/h3-4,7,9,11,14-15H,5-6,8H2,1-2H3. The van der Waals surface area contributed by atoms with Gasteiger partial charge in [0.1, 0.15) is 5.75 Å². The Kier molecular flexibility index (Phi) is 2.96. The van der Waals surface area contributed by atoms with Crippen molar-refractivity contribution in [2.24, 2.45) is 0 Å². The maximum Gasteiger partial charge on any atom is 0.119 e. The SMILES string of the molecule is CC(C)c1ccc(O)c(C2CCNC2)c1. The molecular formula is C13H19NO. The second-order valence-corrected chi connectivity index (χ2v) is 4.66. The summed E-state index contributed by atoms with van der Waals surface area (Å²) >= 11 is 0. The Morgan fingerprint density at radius 2 is 2.20 bits per heavy atom. The first-order valence-corrected chi connectivity index (χ1v) is 5.72. The highest BCUT2D eigenvalue weighted by Crippen LogP contribution is 2.32. The molecule has 1 aliphatic heterocycles. The van der Waals surface area contributed by atoms with Crippen LogP contribution in [0.25, 0.3) is 0 Å². The molecule has 0 spiro atoms. The predicted molar refractivity (Wildman–Crippen MR) is 62.4 cm³/mol. The first-order chi connectivity index (χ1) is 7.18. The molecular weight excluding hydrogens is 186 g/mol. The van der Waals surface area contributed by atoms with Crippen LogP contribution in [0.5, 0.6) is 5.75 Å². The quantitative estimate of drug-likeness (QED) is 0.777. The molecule has 1 atom stereocenters. The van der Waals surface area contributed by atoms with Crippen molar-refractivity contribution in [2.75, 3.05) is 13.1 Å². The van der Waals surface area contributed by atoms with Crippen LogP contribution in [0.4, 0.5) is 0 Å². The van der Waals surface area contributed by atoms with Crippen molar-refractivity contribution in [1.82, 2.24) is 5.32 Å². The van der Waals surface area contributed by atoms with Gasteiger partial charge in [0.15, 0.2) is 0 Å². The Hall–Kier alpha value is -1.02. The van der Waals surface area contributed by atoms with Gasteiger partial charge in [-0.05, 0) is 36.1 Å². The lowest BCUT2D eigenvalue weighted by molar-refractivity contribution is 0.462. The number of phenols is 1. The van der Waals surface area contributed by atoms with Gasteiger partial charge in [0.05, 0.1) is 0 Å². The van der Waals surface area contributed by atoms with Crippen molar-refractivity contribution < 1.29 is 5.11 Å². The van der Waals surface area contributed by atoms with Crippen molar-refractivity contribution in [1.29, 1.82) is 0 Å². The average molecular weight is 205 g/mol. The van der Waals surface area contributed by atoms with Gasteiger partial charge in [-0.25, -0.2) is 0 Å². The number of hydrogen-bond acceptors (Lipinski definition) is 2. The molecule has 1 unspecified atom stereocenters. The monoisotopic (exact) mass is 205 g/mol. The predicted octanol–water partition coefficient (Wildman–Crippen LogP) is 2.59. The van der Waals surface area contributed by atoms with E-state index >= 15 is 0 Å². The van der Waals surface area contributed by atoms with Crippen LogP contribution in [0.2, 0.25) is 0 Å². The molecule has 15 heavy (non-hydrogen) atoms. The molecule has 2 nitrogen and oxygen atoms in total. The van der Waals surface area contributed by atoms with E-state index in [1.54, 1.807) is 0 Å².